The molecular formula is C14H25NO4. The number of carbonyl (C=O) groups is 1. The van der Waals surface area contributed by atoms with Crippen molar-refractivity contribution in [1.29, 1.82) is 0 Å². The molecule has 19 heavy (non-hydrogen) atoms. The van der Waals surface area contributed by atoms with Gasteiger partial charge in [-0.2, -0.15) is 0 Å². The molecule has 0 atom stereocenters. The van der Waals surface area contributed by atoms with E-state index in [0.717, 1.165) is 25.7 Å². The average Bonchev–Trinajstić information content (AvgIpc) is 2.80. The molecule has 1 spiro atoms. The highest BCUT2D eigenvalue weighted by atomic mass is 16.7. The molecule has 5 heteroatoms. The molecule has 0 aromatic rings. The molecule has 110 valence electrons. The van der Waals surface area contributed by atoms with Crippen molar-refractivity contribution in [3.05, 3.63) is 0 Å². The SMILES string of the molecule is CC(C)N(CCC(=O)O)C1CCC2(CC1)OCCO2. The third kappa shape index (κ3) is 3.68. The summed E-state index contributed by atoms with van der Waals surface area (Å²) < 4.78 is 11.5. The topological polar surface area (TPSA) is 59.0 Å². The van der Waals surface area contributed by atoms with Gasteiger partial charge >= 0.3 is 5.97 Å². The molecule has 0 aromatic heterocycles. The second kappa shape index (κ2) is 6.20. The lowest BCUT2D eigenvalue weighted by Crippen LogP contribution is -2.47. The number of rotatable bonds is 5. The Bertz CT molecular complexity index is 303. The first-order chi connectivity index (χ1) is 9.02. The number of carboxylic acid groups (broad SMARTS) is 1. The van der Waals surface area contributed by atoms with Gasteiger partial charge in [0.15, 0.2) is 5.79 Å². The molecule has 0 unspecified atom stereocenters. The highest BCUT2D eigenvalue weighted by Crippen LogP contribution is 2.37. The molecule has 1 saturated carbocycles. The molecule has 2 rings (SSSR count). The van der Waals surface area contributed by atoms with Gasteiger partial charge in [0.05, 0.1) is 19.6 Å². The van der Waals surface area contributed by atoms with Crippen LogP contribution in [0.4, 0.5) is 0 Å². The number of hydrogen-bond acceptors (Lipinski definition) is 4. The second-order valence-corrected chi connectivity index (χ2v) is 5.81. The minimum Gasteiger partial charge on any atom is -0.481 e. The molecule has 2 fully saturated rings. The van der Waals surface area contributed by atoms with Crippen LogP contribution >= 0.6 is 0 Å². The van der Waals surface area contributed by atoms with Gasteiger partial charge in [0, 0.05) is 31.5 Å². The zero-order valence-corrected chi connectivity index (χ0v) is 11.9. The maximum atomic E-state index is 10.7. The third-order valence-electron chi connectivity index (χ3n) is 4.25. The van der Waals surface area contributed by atoms with Gasteiger partial charge in [-0.25, -0.2) is 0 Å². The van der Waals surface area contributed by atoms with Gasteiger partial charge in [-0.15, -0.1) is 0 Å². The van der Waals surface area contributed by atoms with Crippen LogP contribution in [-0.4, -0.2) is 53.6 Å². The van der Waals surface area contributed by atoms with Crippen molar-refractivity contribution < 1.29 is 19.4 Å². The molecule has 1 aliphatic carbocycles. The summed E-state index contributed by atoms with van der Waals surface area (Å²) in [6.45, 7) is 6.31. The van der Waals surface area contributed by atoms with Crippen LogP contribution in [0.5, 0.6) is 0 Å². The lowest BCUT2D eigenvalue weighted by molar-refractivity contribution is -0.185. The standard InChI is InChI=1S/C14H25NO4/c1-11(2)15(8-5-13(16)17)12-3-6-14(7-4-12)18-9-10-19-14/h11-12H,3-10H2,1-2H3,(H,16,17). The van der Waals surface area contributed by atoms with Gasteiger partial charge in [0.1, 0.15) is 0 Å². The monoisotopic (exact) mass is 271 g/mol. The summed E-state index contributed by atoms with van der Waals surface area (Å²) in [5.74, 6) is -1.05. The van der Waals surface area contributed by atoms with Crippen molar-refractivity contribution >= 4 is 5.97 Å². The Labute approximate surface area is 114 Å². The molecule has 1 N–H and O–H groups in total. The molecule has 0 bridgehead atoms. The van der Waals surface area contributed by atoms with Crippen LogP contribution < -0.4 is 0 Å². The van der Waals surface area contributed by atoms with E-state index in [-0.39, 0.29) is 12.2 Å². The summed E-state index contributed by atoms with van der Waals surface area (Å²) in [6.07, 6.45) is 4.12. The Morgan fingerprint density at radius 2 is 1.89 bits per heavy atom. The summed E-state index contributed by atoms with van der Waals surface area (Å²) in [5, 5.41) is 8.84. The van der Waals surface area contributed by atoms with Gasteiger partial charge in [-0.3, -0.25) is 9.69 Å². The minimum absolute atomic E-state index is 0.215. The first kappa shape index (κ1) is 14.8. The zero-order chi connectivity index (χ0) is 13.9. The molecule has 5 nitrogen and oxygen atoms in total. The van der Waals surface area contributed by atoms with Crippen molar-refractivity contribution in [3.8, 4) is 0 Å². The zero-order valence-electron chi connectivity index (χ0n) is 11.9. The Kier molecular flexibility index (Phi) is 4.81. The van der Waals surface area contributed by atoms with E-state index in [1.54, 1.807) is 0 Å². The maximum absolute atomic E-state index is 10.7. The molecule has 0 aromatic carbocycles. The molecular weight excluding hydrogens is 246 g/mol. The molecule has 0 radical (unpaired) electrons. The molecule has 1 saturated heterocycles. The largest absolute Gasteiger partial charge is 0.481 e. The van der Waals surface area contributed by atoms with E-state index < -0.39 is 5.97 Å². The van der Waals surface area contributed by atoms with Gasteiger partial charge < -0.3 is 14.6 Å². The van der Waals surface area contributed by atoms with Gasteiger partial charge in [-0.05, 0) is 26.7 Å². The Morgan fingerprint density at radius 3 is 2.37 bits per heavy atom. The van der Waals surface area contributed by atoms with Gasteiger partial charge in [0.2, 0.25) is 0 Å². The maximum Gasteiger partial charge on any atom is 0.304 e. The van der Waals surface area contributed by atoms with Gasteiger partial charge in [-0.1, -0.05) is 0 Å². The summed E-state index contributed by atoms with van der Waals surface area (Å²) in [5.41, 5.74) is 0. The fraction of sp³-hybridized carbons (Fsp3) is 0.929. The van der Waals surface area contributed by atoms with Crippen LogP contribution in [-0.2, 0) is 14.3 Å². The van der Waals surface area contributed by atoms with Crippen molar-refractivity contribution in [2.75, 3.05) is 19.8 Å². The van der Waals surface area contributed by atoms with Crippen LogP contribution in [0.2, 0.25) is 0 Å². The predicted molar refractivity (Wildman–Crippen MR) is 71.0 cm³/mol. The summed E-state index contributed by atoms with van der Waals surface area (Å²) in [4.78, 5) is 13.1. The third-order valence-corrected chi connectivity index (χ3v) is 4.25. The number of aliphatic carboxylic acids is 1. The number of hydrogen-bond donors (Lipinski definition) is 1. The number of carboxylic acids is 1. The van der Waals surface area contributed by atoms with E-state index in [0.29, 0.717) is 31.8 Å². The molecule has 1 heterocycles. The van der Waals surface area contributed by atoms with Crippen LogP contribution in [0.25, 0.3) is 0 Å². The molecule has 0 amide bonds. The lowest BCUT2D eigenvalue weighted by atomic mass is 9.88. The van der Waals surface area contributed by atoms with Crippen LogP contribution in [0, 0.1) is 0 Å². The van der Waals surface area contributed by atoms with Gasteiger partial charge in [0.25, 0.3) is 0 Å². The van der Waals surface area contributed by atoms with E-state index in [1.807, 2.05) is 0 Å². The quantitative estimate of drug-likeness (QED) is 0.827. The van der Waals surface area contributed by atoms with Crippen molar-refractivity contribution in [1.82, 2.24) is 4.90 Å². The van der Waals surface area contributed by atoms with E-state index in [9.17, 15) is 4.79 Å². The summed E-state index contributed by atoms with van der Waals surface area (Å²) >= 11 is 0. The highest BCUT2D eigenvalue weighted by molar-refractivity contribution is 5.66. The number of nitrogens with zero attached hydrogens (tertiary/aromatic N) is 1. The van der Waals surface area contributed by atoms with Crippen LogP contribution in [0.15, 0.2) is 0 Å². The first-order valence-corrected chi connectivity index (χ1v) is 7.28. The van der Waals surface area contributed by atoms with E-state index in [4.69, 9.17) is 14.6 Å². The Balaban J connectivity index is 1.87. The fourth-order valence-electron chi connectivity index (χ4n) is 3.25. The first-order valence-electron chi connectivity index (χ1n) is 7.28. The number of ether oxygens (including phenoxy) is 2. The Hall–Kier alpha value is -0.650. The smallest absolute Gasteiger partial charge is 0.304 e. The molecule has 1 aliphatic heterocycles. The van der Waals surface area contributed by atoms with Crippen LogP contribution in [0.3, 0.4) is 0 Å². The van der Waals surface area contributed by atoms with E-state index >= 15 is 0 Å². The normalized spacial score (nSPS) is 23.6. The lowest BCUT2D eigenvalue weighted by Gasteiger charge is -2.42. The van der Waals surface area contributed by atoms with Crippen LogP contribution in [0.1, 0.15) is 46.0 Å². The Morgan fingerprint density at radius 1 is 1.32 bits per heavy atom. The van der Waals surface area contributed by atoms with Crippen molar-refractivity contribution in [2.45, 2.75) is 63.8 Å². The average molecular weight is 271 g/mol. The predicted octanol–water partition coefficient (Wildman–Crippen LogP) is 1.86. The minimum atomic E-state index is -0.722. The summed E-state index contributed by atoms with van der Waals surface area (Å²) in [6, 6.07) is 0.835. The van der Waals surface area contributed by atoms with Crippen molar-refractivity contribution in [2.24, 2.45) is 0 Å². The second-order valence-electron chi connectivity index (χ2n) is 5.81. The molecule has 2 aliphatic rings. The fourth-order valence-corrected chi connectivity index (χ4v) is 3.25. The summed E-state index contributed by atoms with van der Waals surface area (Å²) in [7, 11) is 0. The van der Waals surface area contributed by atoms with E-state index in [2.05, 4.69) is 18.7 Å². The highest BCUT2D eigenvalue weighted by Gasteiger charge is 2.41. The van der Waals surface area contributed by atoms with Crippen molar-refractivity contribution in [3.63, 3.8) is 0 Å². The van der Waals surface area contributed by atoms with E-state index in [1.165, 1.54) is 0 Å².